The summed E-state index contributed by atoms with van der Waals surface area (Å²) in [6.07, 6.45) is -0.419. The molecule has 9 heteroatoms. The molecule has 1 saturated heterocycles. The van der Waals surface area contributed by atoms with Gasteiger partial charge in [0, 0.05) is 27.2 Å². The Morgan fingerprint density at radius 2 is 1.85 bits per heavy atom. The quantitative estimate of drug-likeness (QED) is 0.695. The zero-order chi connectivity index (χ0) is 19.5. The van der Waals surface area contributed by atoms with E-state index in [9.17, 15) is 18.0 Å². The molecule has 0 aromatic heterocycles. The Labute approximate surface area is 153 Å². The van der Waals surface area contributed by atoms with Crippen molar-refractivity contribution in [2.24, 2.45) is 0 Å². The lowest BCUT2D eigenvalue weighted by atomic mass is 10.2. The van der Waals surface area contributed by atoms with E-state index in [4.69, 9.17) is 9.47 Å². The fourth-order valence-corrected chi connectivity index (χ4v) is 4.24. The van der Waals surface area contributed by atoms with Crippen molar-refractivity contribution in [2.45, 2.75) is 31.0 Å². The number of amides is 1. The molecule has 0 aliphatic carbocycles. The van der Waals surface area contributed by atoms with Gasteiger partial charge in [-0.1, -0.05) is 6.07 Å². The minimum Gasteiger partial charge on any atom is -0.452 e. The molecule has 0 bridgehead atoms. The van der Waals surface area contributed by atoms with Gasteiger partial charge in [-0.25, -0.2) is 13.2 Å². The first-order chi connectivity index (χ1) is 12.1. The number of benzene rings is 1. The van der Waals surface area contributed by atoms with Crippen LogP contribution in [0.1, 0.15) is 24.2 Å². The zero-order valence-electron chi connectivity index (χ0n) is 15.3. The molecule has 2 atom stereocenters. The third kappa shape index (κ3) is 4.80. The number of hydrogen-bond donors (Lipinski definition) is 0. The summed E-state index contributed by atoms with van der Waals surface area (Å²) >= 11 is 0. The number of carbonyl (C=O) groups is 2. The van der Waals surface area contributed by atoms with E-state index in [-0.39, 0.29) is 41.7 Å². The Bertz CT molecular complexity index is 767. The van der Waals surface area contributed by atoms with Crippen LogP contribution in [0.5, 0.6) is 0 Å². The van der Waals surface area contributed by atoms with Gasteiger partial charge in [0.2, 0.25) is 10.0 Å². The maximum Gasteiger partial charge on any atom is 0.338 e. The van der Waals surface area contributed by atoms with E-state index in [1.807, 2.05) is 13.8 Å². The van der Waals surface area contributed by atoms with Crippen molar-refractivity contribution in [2.75, 3.05) is 33.8 Å². The molecule has 1 fully saturated rings. The Kier molecular flexibility index (Phi) is 6.38. The normalized spacial score (nSPS) is 21.2. The minimum atomic E-state index is -3.76. The smallest absolute Gasteiger partial charge is 0.338 e. The maximum atomic E-state index is 12.9. The van der Waals surface area contributed by atoms with Crippen molar-refractivity contribution in [3.05, 3.63) is 29.8 Å². The number of nitrogens with zero attached hydrogens (tertiary/aromatic N) is 2. The average molecular weight is 384 g/mol. The molecule has 1 aromatic carbocycles. The number of likely N-dealkylation sites (N-methyl/N-ethyl adjacent to an activating group) is 1. The summed E-state index contributed by atoms with van der Waals surface area (Å²) < 4.78 is 37.6. The van der Waals surface area contributed by atoms with E-state index in [1.54, 1.807) is 14.1 Å². The first-order valence-corrected chi connectivity index (χ1v) is 9.68. The van der Waals surface area contributed by atoms with Gasteiger partial charge >= 0.3 is 5.97 Å². The number of morpholine rings is 1. The molecule has 1 amide bonds. The standard InChI is InChI=1S/C17H24N2O6S/c1-12-9-19(10-13(2)25-12)26(22,23)15-7-5-6-14(8-15)17(21)24-11-16(20)18(3)4/h5-8,12-13H,9-11H2,1-4H3/t12-,13-/m1/s1. The van der Waals surface area contributed by atoms with Crippen LogP contribution in [0.25, 0.3) is 0 Å². The molecule has 8 nitrogen and oxygen atoms in total. The van der Waals surface area contributed by atoms with Crippen molar-refractivity contribution in [1.82, 2.24) is 9.21 Å². The summed E-state index contributed by atoms with van der Waals surface area (Å²) in [7, 11) is -0.660. The molecular formula is C17H24N2O6S. The molecular weight excluding hydrogens is 360 g/mol. The second kappa shape index (κ2) is 8.15. The monoisotopic (exact) mass is 384 g/mol. The highest BCUT2D eigenvalue weighted by Crippen LogP contribution is 2.22. The molecule has 26 heavy (non-hydrogen) atoms. The third-order valence-corrected chi connectivity index (χ3v) is 5.75. The van der Waals surface area contributed by atoms with Crippen LogP contribution in [0.2, 0.25) is 0 Å². The van der Waals surface area contributed by atoms with Gasteiger partial charge in [0.05, 0.1) is 22.7 Å². The van der Waals surface area contributed by atoms with Crippen LogP contribution in [-0.2, 0) is 24.3 Å². The summed E-state index contributed by atoms with van der Waals surface area (Å²) in [5.41, 5.74) is 0.0759. The molecule has 144 valence electrons. The molecule has 0 unspecified atom stereocenters. The highest BCUT2D eigenvalue weighted by atomic mass is 32.2. The van der Waals surface area contributed by atoms with Crippen LogP contribution in [0.15, 0.2) is 29.2 Å². The number of esters is 1. The Morgan fingerprint density at radius 1 is 1.23 bits per heavy atom. The molecule has 0 radical (unpaired) electrons. The highest BCUT2D eigenvalue weighted by Gasteiger charge is 2.32. The van der Waals surface area contributed by atoms with E-state index >= 15 is 0 Å². The van der Waals surface area contributed by atoms with Crippen LogP contribution in [0.4, 0.5) is 0 Å². The van der Waals surface area contributed by atoms with Crippen LogP contribution < -0.4 is 0 Å². The topological polar surface area (TPSA) is 93.2 Å². The first-order valence-electron chi connectivity index (χ1n) is 8.24. The van der Waals surface area contributed by atoms with E-state index < -0.39 is 22.6 Å². The van der Waals surface area contributed by atoms with Gasteiger partial charge in [-0.2, -0.15) is 4.31 Å². The maximum absolute atomic E-state index is 12.9. The zero-order valence-corrected chi connectivity index (χ0v) is 16.2. The van der Waals surface area contributed by atoms with Crippen LogP contribution >= 0.6 is 0 Å². The second-order valence-corrected chi connectivity index (χ2v) is 8.41. The van der Waals surface area contributed by atoms with Crippen molar-refractivity contribution in [3.63, 3.8) is 0 Å². The lowest BCUT2D eigenvalue weighted by molar-refractivity contribution is -0.131. The number of sulfonamides is 1. The fourth-order valence-electron chi connectivity index (χ4n) is 2.60. The van der Waals surface area contributed by atoms with Crippen molar-refractivity contribution in [3.8, 4) is 0 Å². The summed E-state index contributed by atoms with van der Waals surface area (Å²) in [6.45, 7) is 3.72. The lowest BCUT2D eigenvalue weighted by Crippen LogP contribution is -2.48. The fraction of sp³-hybridized carbons (Fsp3) is 0.529. The van der Waals surface area contributed by atoms with Gasteiger partial charge in [0.25, 0.3) is 5.91 Å². The molecule has 0 saturated carbocycles. The Hall–Kier alpha value is -1.97. The molecule has 1 aliphatic rings. The summed E-state index contributed by atoms with van der Waals surface area (Å²) in [5, 5.41) is 0. The Balaban J connectivity index is 2.17. The molecule has 1 aromatic rings. The van der Waals surface area contributed by atoms with Gasteiger partial charge < -0.3 is 14.4 Å². The minimum absolute atomic E-state index is 0.00665. The van der Waals surface area contributed by atoms with E-state index in [2.05, 4.69) is 0 Å². The molecule has 2 rings (SSSR count). The summed E-state index contributed by atoms with van der Waals surface area (Å²) in [5.74, 6) is -1.11. The molecule has 0 N–H and O–H groups in total. The molecule has 0 spiro atoms. The molecule has 1 heterocycles. The second-order valence-electron chi connectivity index (χ2n) is 6.47. The highest BCUT2D eigenvalue weighted by molar-refractivity contribution is 7.89. The van der Waals surface area contributed by atoms with Gasteiger partial charge in [-0.3, -0.25) is 4.79 Å². The summed E-state index contributed by atoms with van der Waals surface area (Å²) in [4.78, 5) is 24.9. The lowest BCUT2D eigenvalue weighted by Gasteiger charge is -2.34. The van der Waals surface area contributed by atoms with Gasteiger partial charge in [0.15, 0.2) is 6.61 Å². The third-order valence-electron chi connectivity index (χ3n) is 3.92. The Morgan fingerprint density at radius 3 is 2.42 bits per heavy atom. The van der Waals surface area contributed by atoms with Gasteiger partial charge in [-0.05, 0) is 32.0 Å². The van der Waals surface area contributed by atoms with E-state index in [0.29, 0.717) is 0 Å². The van der Waals surface area contributed by atoms with Gasteiger partial charge in [-0.15, -0.1) is 0 Å². The van der Waals surface area contributed by atoms with Crippen molar-refractivity contribution >= 4 is 21.9 Å². The number of carbonyl (C=O) groups excluding carboxylic acids is 2. The molecule has 1 aliphatic heterocycles. The van der Waals surface area contributed by atoms with Crippen LogP contribution in [0, 0.1) is 0 Å². The number of hydrogen-bond acceptors (Lipinski definition) is 6. The largest absolute Gasteiger partial charge is 0.452 e. The first kappa shape index (κ1) is 20.3. The number of ether oxygens (including phenoxy) is 2. The van der Waals surface area contributed by atoms with E-state index in [1.165, 1.54) is 33.5 Å². The van der Waals surface area contributed by atoms with Crippen molar-refractivity contribution in [1.29, 1.82) is 0 Å². The van der Waals surface area contributed by atoms with Gasteiger partial charge in [0.1, 0.15) is 0 Å². The van der Waals surface area contributed by atoms with E-state index in [0.717, 1.165) is 0 Å². The predicted octanol–water partition coefficient (Wildman–Crippen LogP) is 0.730. The SMILES string of the molecule is C[C@@H]1CN(S(=O)(=O)c2cccc(C(=O)OCC(=O)N(C)C)c2)C[C@@H](C)O1. The predicted molar refractivity (Wildman–Crippen MR) is 94.2 cm³/mol. The van der Waals surface area contributed by atoms with Crippen molar-refractivity contribution < 1.29 is 27.5 Å². The average Bonchev–Trinajstić information content (AvgIpc) is 2.58. The van der Waals surface area contributed by atoms with Crippen LogP contribution in [0.3, 0.4) is 0 Å². The summed E-state index contributed by atoms with van der Waals surface area (Å²) in [6, 6.07) is 5.63. The van der Waals surface area contributed by atoms with Crippen LogP contribution in [-0.4, -0.2) is 75.5 Å². The number of rotatable bonds is 5.